The smallest absolute Gasteiger partial charge is 0.167 e. The molecule has 2 aromatic carbocycles. The van der Waals surface area contributed by atoms with Crippen molar-refractivity contribution in [2.24, 2.45) is 0 Å². The average molecular weight is 333 g/mol. The first-order chi connectivity index (χ1) is 9.49. The van der Waals surface area contributed by atoms with Crippen LogP contribution in [0.1, 0.15) is 27.0 Å². The maximum Gasteiger partial charge on any atom is 0.167 e. The van der Waals surface area contributed by atoms with E-state index in [1.165, 1.54) is 0 Å². The predicted octanol–water partition coefficient (Wildman–Crippen LogP) is 4.50. The summed E-state index contributed by atoms with van der Waals surface area (Å²) in [5, 5.41) is 0. The van der Waals surface area contributed by atoms with Crippen LogP contribution < -0.4 is 4.74 Å². The molecule has 0 saturated carbocycles. The average Bonchev–Trinajstić information content (AvgIpc) is 2.37. The fourth-order valence-corrected chi connectivity index (χ4v) is 2.70. The third-order valence-electron chi connectivity index (χ3n) is 3.14. The van der Waals surface area contributed by atoms with Crippen molar-refractivity contribution in [3.8, 4) is 5.75 Å². The van der Waals surface area contributed by atoms with Crippen molar-refractivity contribution in [3.05, 3.63) is 63.1 Å². The van der Waals surface area contributed by atoms with E-state index in [9.17, 15) is 4.79 Å². The van der Waals surface area contributed by atoms with Gasteiger partial charge in [0.25, 0.3) is 0 Å². The number of ether oxygens (including phenoxy) is 1. The summed E-state index contributed by atoms with van der Waals surface area (Å²) in [4.78, 5) is 12.4. The highest BCUT2D eigenvalue weighted by Gasteiger charge is 2.12. The van der Waals surface area contributed by atoms with Gasteiger partial charge in [0.05, 0.1) is 7.11 Å². The minimum Gasteiger partial charge on any atom is -0.496 e. The Morgan fingerprint density at radius 1 is 1.10 bits per heavy atom. The van der Waals surface area contributed by atoms with Gasteiger partial charge in [0.1, 0.15) is 5.75 Å². The zero-order valence-corrected chi connectivity index (χ0v) is 13.5. The molecule has 0 aliphatic rings. The normalized spacial score (nSPS) is 10.4. The summed E-state index contributed by atoms with van der Waals surface area (Å²) in [5.74, 6) is 0.846. The van der Waals surface area contributed by atoms with Gasteiger partial charge in [0, 0.05) is 22.0 Å². The van der Waals surface area contributed by atoms with Crippen molar-refractivity contribution in [3.63, 3.8) is 0 Å². The molecule has 0 bridgehead atoms. The van der Waals surface area contributed by atoms with Crippen LogP contribution in [-0.4, -0.2) is 12.9 Å². The standard InChI is InChI=1S/C17H17BrO2/c1-11-6-12(2)8-13(7-11)16(19)10-14-9-15(18)4-5-17(14)20-3/h4-9H,10H2,1-3H3. The number of hydrogen-bond donors (Lipinski definition) is 0. The first-order valence-electron chi connectivity index (χ1n) is 6.43. The van der Waals surface area contributed by atoms with Crippen molar-refractivity contribution in [2.75, 3.05) is 7.11 Å². The van der Waals surface area contributed by atoms with E-state index in [0.29, 0.717) is 6.42 Å². The molecule has 0 aliphatic carbocycles. The number of rotatable bonds is 4. The van der Waals surface area contributed by atoms with Crippen LogP contribution in [0.25, 0.3) is 0 Å². The van der Waals surface area contributed by atoms with Gasteiger partial charge in [-0.3, -0.25) is 4.79 Å². The lowest BCUT2D eigenvalue weighted by molar-refractivity contribution is 0.0992. The lowest BCUT2D eigenvalue weighted by Gasteiger charge is -2.09. The quantitative estimate of drug-likeness (QED) is 0.770. The predicted molar refractivity (Wildman–Crippen MR) is 84.6 cm³/mol. The number of Topliss-reactive ketones (excluding diaryl/α,β-unsaturated/α-hetero) is 1. The molecule has 2 aromatic rings. The molecule has 0 heterocycles. The summed E-state index contributed by atoms with van der Waals surface area (Å²) in [6.07, 6.45) is 0.339. The number of methoxy groups -OCH3 is 1. The SMILES string of the molecule is COc1ccc(Br)cc1CC(=O)c1cc(C)cc(C)c1. The van der Waals surface area contributed by atoms with Crippen molar-refractivity contribution in [1.29, 1.82) is 0 Å². The second-order valence-corrected chi connectivity index (χ2v) is 5.85. The molecular formula is C17H17BrO2. The monoisotopic (exact) mass is 332 g/mol. The molecule has 20 heavy (non-hydrogen) atoms. The number of benzene rings is 2. The Balaban J connectivity index is 2.29. The van der Waals surface area contributed by atoms with Gasteiger partial charge < -0.3 is 4.74 Å². The zero-order valence-electron chi connectivity index (χ0n) is 11.9. The topological polar surface area (TPSA) is 26.3 Å². The summed E-state index contributed by atoms with van der Waals surface area (Å²) < 4.78 is 6.26. The van der Waals surface area contributed by atoms with Gasteiger partial charge in [-0.25, -0.2) is 0 Å². The van der Waals surface area contributed by atoms with Gasteiger partial charge in [0.2, 0.25) is 0 Å². The molecule has 0 atom stereocenters. The molecule has 2 nitrogen and oxygen atoms in total. The molecule has 2 rings (SSSR count). The lowest BCUT2D eigenvalue weighted by atomic mass is 9.99. The van der Waals surface area contributed by atoms with E-state index in [1.54, 1.807) is 7.11 Å². The first-order valence-corrected chi connectivity index (χ1v) is 7.23. The lowest BCUT2D eigenvalue weighted by Crippen LogP contribution is -2.06. The minimum absolute atomic E-state index is 0.105. The molecule has 0 radical (unpaired) electrons. The highest BCUT2D eigenvalue weighted by molar-refractivity contribution is 9.10. The van der Waals surface area contributed by atoms with Crippen LogP contribution >= 0.6 is 15.9 Å². The van der Waals surface area contributed by atoms with E-state index in [4.69, 9.17) is 4.74 Å². The minimum atomic E-state index is 0.105. The Bertz CT molecular complexity index is 627. The van der Waals surface area contributed by atoms with Crippen LogP contribution in [0.3, 0.4) is 0 Å². The fraction of sp³-hybridized carbons (Fsp3) is 0.235. The number of ketones is 1. The molecule has 0 fully saturated rings. The number of aryl methyl sites for hydroxylation is 2. The van der Waals surface area contributed by atoms with Crippen LogP contribution in [0.4, 0.5) is 0 Å². The van der Waals surface area contributed by atoms with E-state index in [2.05, 4.69) is 22.0 Å². The summed E-state index contributed by atoms with van der Waals surface area (Å²) in [6, 6.07) is 11.6. The van der Waals surface area contributed by atoms with Gasteiger partial charge in [-0.05, 0) is 44.2 Å². The Morgan fingerprint density at radius 3 is 2.35 bits per heavy atom. The second-order valence-electron chi connectivity index (χ2n) is 4.93. The molecule has 0 N–H and O–H groups in total. The number of halogens is 1. The van der Waals surface area contributed by atoms with Crippen molar-refractivity contribution in [2.45, 2.75) is 20.3 Å². The van der Waals surface area contributed by atoms with Crippen LogP contribution in [0.15, 0.2) is 40.9 Å². The van der Waals surface area contributed by atoms with Crippen molar-refractivity contribution >= 4 is 21.7 Å². The maximum absolute atomic E-state index is 12.4. The fourth-order valence-electron chi connectivity index (χ4n) is 2.30. The van der Waals surface area contributed by atoms with Gasteiger partial charge >= 0.3 is 0 Å². The highest BCUT2D eigenvalue weighted by atomic mass is 79.9. The maximum atomic E-state index is 12.4. The highest BCUT2D eigenvalue weighted by Crippen LogP contribution is 2.24. The molecule has 0 unspecified atom stereocenters. The second kappa shape index (κ2) is 6.23. The van der Waals surface area contributed by atoms with Crippen LogP contribution in [-0.2, 0) is 6.42 Å². The first kappa shape index (κ1) is 14.8. The van der Waals surface area contributed by atoms with Crippen LogP contribution in [0.5, 0.6) is 5.75 Å². The summed E-state index contributed by atoms with van der Waals surface area (Å²) in [5.41, 5.74) is 3.86. The zero-order chi connectivity index (χ0) is 14.7. The number of carbonyl (C=O) groups excluding carboxylic acids is 1. The number of carbonyl (C=O) groups is 1. The van der Waals surface area contributed by atoms with E-state index in [0.717, 1.165) is 32.5 Å². The van der Waals surface area contributed by atoms with E-state index < -0.39 is 0 Å². The van der Waals surface area contributed by atoms with Crippen molar-refractivity contribution < 1.29 is 9.53 Å². The summed E-state index contributed by atoms with van der Waals surface area (Å²) in [7, 11) is 1.62. The molecule has 0 amide bonds. The Labute approximate surface area is 127 Å². The summed E-state index contributed by atoms with van der Waals surface area (Å²) in [6.45, 7) is 4.01. The third kappa shape index (κ3) is 3.48. The molecular weight excluding hydrogens is 316 g/mol. The van der Waals surface area contributed by atoms with E-state index in [1.807, 2.05) is 44.2 Å². The van der Waals surface area contributed by atoms with Gasteiger partial charge in [0.15, 0.2) is 5.78 Å². The number of hydrogen-bond acceptors (Lipinski definition) is 2. The van der Waals surface area contributed by atoms with E-state index >= 15 is 0 Å². The molecule has 0 saturated heterocycles. The van der Waals surface area contributed by atoms with Gasteiger partial charge in [-0.1, -0.05) is 33.1 Å². The summed E-state index contributed by atoms with van der Waals surface area (Å²) >= 11 is 3.43. The van der Waals surface area contributed by atoms with Crippen molar-refractivity contribution in [1.82, 2.24) is 0 Å². The Hall–Kier alpha value is -1.61. The molecule has 0 aromatic heterocycles. The molecule has 3 heteroatoms. The van der Waals surface area contributed by atoms with Crippen LogP contribution in [0.2, 0.25) is 0 Å². The van der Waals surface area contributed by atoms with Gasteiger partial charge in [-0.15, -0.1) is 0 Å². The van der Waals surface area contributed by atoms with Gasteiger partial charge in [-0.2, -0.15) is 0 Å². The molecule has 0 spiro atoms. The third-order valence-corrected chi connectivity index (χ3v) is 3.63. The molecule has 104 valence electrons. The molecule has 0 aliphatic heterocycles. The largest absolute Gasteiger partial charge is 0.496 e. The van der Waals surface area contributed by atoms with E-state index in [-0.39, 0.29) is 5.78 Å². The Kier molecular flexibility index (Phi) is 4.61. The van der Waals surface area contributed by atoms with Crippen LogP contribution in [0, 0.1) is 13.8 Å². The Morgan fingerprint density at radius 2 is 1.75 bits per heavy atom.